The maximum absolute atomic E-state index is 9.61. The molecule has 0 unspecified atom stereocenters. The number of phenols is 1. The molecular formula is C20H25N3O. The first-order chi connectivity index (χ1) is 11.7. The average molecular weight is 323 g/mol. The molecule has 4 nitrogen and oxygen atoms in total. The molecule has 2 aromatic rings. The average Bonchev–Trinajstić information content (AvgIpc) is 2.94. The van der Waals surface area contributed by atoms with Crippen molar-refractivity contribution in [1.29, 1.82) is 5.26 Å². The third-order valence-electron chi connectivity index (χ3n) is 4.99. The van der Waals surface area contributed by atoms with Gasteiger partial charge in [0.2, 0.25) is 0 Å². The van der Waals surface area contributed by atoms with Gasteiger partial charge in [0.1, 0.15) is 17.5 Å². The van der Waals surface area contributed by atoms with E-state index in [2.05, 4.69) is 23.2 Å². The maximum atomic E-state index is 9.61. The molecule has 126 valence electrons. The molecule has 0 radical (unpaired) electrons. The van der Waals surface area contributed by atoms with E-state index >= 15 is 0 Å². The van der Waals surface area contributed by atoms with Crippen molar-refractivity contribution in [3.8, 4) is 11.8 Å². The van der Waals surface area contributed by atoms with Gasteiger partial charge >= 0.3 is 0 Å². The minimum absolute atomic E-state index is 0.348. The van der Waals surface area contributed by atoms with Crippen LogP contribution < -0.4 is 0 Å². The van der Waals surface area contributed by atoms with Crippen LogP contribution in [0.5, 0.6) is 5.75 Å². The number of benzene rings is 1. The zero-order valence-electron chi connectivity index (χ0n) is 14.3. The first-order valence-corrected chi connectivity index (χ1v) is 8.73. The third kappa shape index (κ3) is 3.98. The summed E-state index contributed by atoms with van der Waals surface area (Å²) in [4.78, 5) is 2.56. The van der Waals surface area contributed by atoms with Crippen molar-refractivity contribution in [2.24, 2.45) is 7.05 Å². The summed E-state index contributed by atoms with van der Waals surface area (Å²) in [5.41, 5.74) is 3.14. The Kier molecular flexibility index (Phi) is 5.22. The molecule has 2 heterocycles. The number of aryl methyl sites for hydroxylation is 2. The second-order valence-corrected chi connectivity index (χ2v) is 6.78. The van der Waals surface area contributed by atoms with Crippen molar-refractivity contribution in [2.45, 2.75) is 44.7 Å². The lowest BCUT2D eigenvalue weighted by atomic mass is 9.95. The summed E-state index contributed by atoms with van der Waals surface area (Å²) < 4.78 is 1.90. The summed E-state index contributed by atoms with van der Waals surface area (Å²) in [6.45, 7) is 2.04. The van der Waals surface area contributed by atoms with Gasteiger partial charge in [-0.1, -0.05) is 18.6 Å². The monoisotopic (exact) mass is 323 g/mol. The number of piperidine rings is 1. The topological polar surface area (TPSA) is 52.2 Å². The summed E-state index contributed by atoms with van der Waals surface area (Å²) in [6.07, 6.45) is 7.95. The Labute approximate surface area is 143 Å². The first-order valence-electron chi connectivity index (χ1n) is 8.73. The van der Waals surface area contributed by atoms with Gasteiger partial charge in [0, 0.05) is 25.8 Å². The second-order valence-electron chi connectivity index (χ2n) is 6.78. The SMILES string of the molecule is Cn1cc(CN2CCCC[C@@H]2CCc2cccc(O)c2)cc1C#N. The Morgan fingerprint density at radius 3 is 2.88 bits per heavy atom. The van der Waals surface area contributed by atoms with Crippen molar-refractivity contribution in [1.82, 2.24) is 9.47 Å². The zero-order chi connectivity index (χ0) is 16.9. The van der Waals surface area contributed by atoms with Crippen LogP contribution in [-0.2, 0) is 20.0 Å². The zero-order valence-corrected chi connectivity index (χ0v) is 14.3. The number of hydrogen-bond donors (Lipinski definition) is 1. The van der Waals surface area contributed by atoms with E-state index in [4.69, 9.17) is 5.26 Å². The summed E-state index contributed by atoms with van der Waals surface area (Å²) in [7, 11) is 1.93. The Morgan fingerprint density at radius 1 is 1.25 bits per heavy atom. The smallest absolute Gasteiger partial charge is 0.120 e. The van der Waals surface area contributed by atoms with Gasteiger partial charge in [0.05, 0.1) is 0 Å². The predicted octanol–water partition coefficient (Wildman–Crippen LogP) is 3.59. The number of likely N-dealkylation sites (tertiary alicyclic amines) is 1. The van der Waals surface area contributed by atoms with Gasteiger partial charge in [-0.2, -0.15) is 5.26 Å². The second kappa shape index (κ2) is 7.55. The summed E-state index contributed by atoms with van der Waals surface area (Å²) in [5.74, 6) is 0.348. The van der Waals surface area contributed by atoms with Crippen LogP contribution in [0.2, 0.25) is 0 Å². The molecule has 1 fully saturated rings. The molecule has 1 N–H and O–H groups in total. The fourth-order valence-electron chi connectivity index (χ4n) is 3.71. The number of phenolic OH excluding ortho intramolecular Hbond substituents is 1. The van der Waals surface area contributed by atoms with E-state index in [-0.39, 0.29) is 0 Å². The van der Waals surface area contributed by atoms with Crippen LogP contribution in [-0.4, -0.2) is 27.2 Å². The summed E-state index contributed by atoms with van der Waals surface area (Å²) in [5, 5.41) is 18.7. The summed E-state index contributed by atoms with van der Waals surface area (Å²) >= 11 is 0. The van der Waals surface area contributed by atoms with E-state index in [9.17, 15) is 5.11 Å². The fraction of sp³-hybridized carbons (Fsp3) is 0.450. The molecule has 24 heavy (non-hydrogen) atoms. The molecular weight excluding hydrogens is 298 g/mol. The number of aromatic hydroxyl groups is 1. The standard InChI is InChI=1S/C20H25N3O/c1-22-14-17(11-19(22)13-21)15-23-10-3-2-6-18(23)9-8-16-5-4-7-20(24)12-16/h4-5,7,11-12,14,18,24H,2-3,6,8-10,15H2,1H3/t18-/m1/s1. The van der Waals surface area contributed by atoms with E-state index in [0.717, 1.165) is 31.6 Å². The highest BCUT2D eigenvalue weighted by Gasteiger charge is 2.22. The van der Waals surface area contributed by atoms with Crippen molar-refractivity contribution in [3.63, 3.8) is 0 Å². The van der Waals surface area contributed by atoms with E-state index < -0.39 is 0 Å². The minimum Gasteiger partial charge on any atom is -0.508 e. The Bertz CT molecular complexity index is 729. The maximum Gasteiger partial charge on any atom is 0.120 e. The van der Waals surface area contributed by atoms with Gasteiger partial charge in [-0.05, 0) is 61.6 Å². The van der Waals surface area contributed by atoms with Crippen molar-refractivity contribution < 1.29 is 5.11 Å². The van der Waals surface area contributed by atoms with Crippen molar-refractivity contribution in [2.75, 3.05) is 6.54 Å². The van der Waals surface area contributed by atoms with E-state index in [1.54, 1.807) is 6.07 Å². The molecule has 1 aliphatic rings. The number of nitrogens with zero attached hydrogens (tertiary/aromatic N) is 3. The van der Waals surface area contributed by atoms with Crippen LogP contribution in [0.25, 0.3) is 0 Å². The van der Waals surface area contributed by atoms with Crippen LogP contribution in [0.15, 0.2) is 36.5 Å². The molecule has 1 aromatic carbocycles. The van der Waals surface area contributed by atoms with Gasteiger partial charge in [-0.25, -0.2) is 0 Å². The fourth-order valence-corrected chi connectivity index (χ4v) is 3.71. The van der Waals surface area contributed by atoms with Gasteiger partial charge in [-0.15, -0.1) is 0 Å². The third-order valence-corrected chi connectivity index (χ3v) is 4.99. The quantitative estimate of drug-likeness (QED) is 0.915. The molecule has 0 saturated carbocycles. The summed E-state index contributed by atoms with van der Waals surface area (Å²) in [6, 6.07) is 12.4. The minimum atomic E-state index is 0.348. The molecule has 0 bridgehead atoms. The molecule has 0 aliphatic carbocycles. The molecule has 3 rings (SSSR count). The van der Waals surface area contributed by atoms with Crippen LogP contribution >= 0.6 is 0 Å². The highest BCUT2D eigenvalue weighted by atomic mass is 16.3. The van der Waals surface area contributed by atoms with Crippen LogP contribution in [0.3, 0.4) is 0 Å². The number of hydrogen-bond acceptors (Lipinski definition) is 3. The number of rotatable bonds is 5. The Morgan fingerprint density at radius 2 is 2.12 bits per heavy atom. The number of nitriles is 1. The first kappa shape index (κ1) is 16.6. The predicted molar refractivity (Wildman–Crippen MR) is 94.6 cm³/mol. The van der Waals surface area contributed by atoms with Crippen molar-refractivity contribution in [3.05, 3.63) is 53.3 Å². The van der Waals surface area contributed by atoms with E-state index in [1.807, 2.05) is 29.8 Å². The lowest BCUT2D eigenvalue weighted by Gasteiger charge is -2.35. The van der Waals surface area contributed by atoms with E-state index in [0.29, 0.717) is 11.8 Å². The van der Waals surface area contributed by atoms with Crippen LogP contribution in [0.4, 0.5) is 0 Å². The molecule has 1 aliphatic heterocycles. The number of aromatic nitrogens is 1. The van der Waals surface area contributed by atoms with Gasteiger partial charge in [-0.3, -0.25) is 4.90 Å². The van der Waals surface area contributed by atoms with Crippen molar-refractivity contribution >= 4 is 0 Å². The van der Waals surface area contributed by atoms with Gasteiger partial charge < -0.3 is 9.67 Å². The largest absolute Gasteiger partial charge is 0.508 e. The highest BCUT2D eigenvalue weighted by molar-refractivity contribution is 5.29. The molecule has 1 saturated heterocycles. The lowest BCUT2D eigenvalue weighted by molar-refractivity contribution is 0.132. The molecule has 1 atom stereocenters. The van der Waals surface area contributed by atoms with E-state index in [1.165, 1.54) is 30.4 Å². The molecule has 4 heteroatoms. The van der Waals surface area contributed by atoms with Gasteiger partial charge in [0.25, 0.3) is 0 Å². The Balaban J connectivity index is 1.63. The highest BCUT2D eigenvalue weighted by Crippen LogP contribution is 2.24. The lowest BCUT2D eigenvalue weighted by Crippen LogP contribution is -2.39. The Hall–Kier alpha value is -2.25. The molecule has 0 amide bonds. The van der Waals surface area contributed by atoms with Crippen LogP contribution in [0, 0.1) is 11.3 Å². The molecule has 1 aromatic heterocycles. The van der Waals surface area contributed by atoms with Crippen LogP contribution in [0.1, 0.15) is 42.5 Å². The normalized spacial score (nSPS) is 18.4. The molecule has 0 spiro atoms. The van der Waals surface area contributed by atoms with Gasteiger partial charge in [0.15, 0.2) is 0 Å².